The maximum atomic E-state index is 13.0. The fourth-order valence-corrected chi connectivity index (χ4v) is 3.42. The molecule has 1 saturated heterocycles. The second kappa shape index (κ2) is 5.17. The molecule has 2 fully saturated rings. The summed E-state index contributed by atoms with van der Waals surface area (Å²) in [6.07, 6.45) is 1.05. The Hall–Kier alpha value is -0.250. The van der Waals surface area contributed by atoms with Crippen LogP contribution in [0.15, 0.2) is 0 Å². The number of halogens is 3. The first-order valence-corrected chi connectivity index (χ1v) is 6.78. The molecule has 100 valence electrons. The first kappa shape index (κ1) is 13.2. The fraction of sp³-hybridized carbons (Fsp3) is 1.00. The number of nitrogens with one attached hydrogen (secondary N) is 1. The smallest absolute Gasteiger partial charge is 0.313 e. The van der Waals surface area contributed by atoms with Gasteiger partial charge in [-0.25, -0.2) is 0 Å². The molecule has 1 saturated carbocycles. The number of rotatable bonds is 1. The van der Waals surface area contributed by atoms with Crippen molar-refractivity contribution in [3.63, 3.8) is 0 Å². The number of hydrogen-bond donors (Lipinski definition) is 1. The highest BCUT2D eigenvalue weighted by molar-refractivity contribution is 4.91. The van der Waals surface area contributed by atoms with Gasteiger partial charge in [-0.1, -0.05) is 19.8 Å². The van der Waals surface area contributed by atoms with Crippen molar-refractivity contribution >= 4 is 0 Å². The van der Waals surface area contributed by atoms with Gasteiger partial charge in [0.2, 0.25) is 0 Å². The van der Waals surface area contributed by atoms with Gasteiger partial charge in [-0.3, -0.25) is 0 Å². The van der Waals surface area contributed by atoms with Gasteiger partial charge in [0, 0.05) is 6.04 Å². The zero-order valence-corrected chi connectivity index (χ0v) is 10.4. The van der Waals surface area contributed by atoms with E-state index in [0.717, 1.165) is 32.2 Å². The van der Waals surface area contributed by atoms with E-state index in [0.29, 0.717) is 18.8 Å². The average molecular weight is 249 g/mol. The third-order valence-corrected chi connectivity index (χ3v) is 4.49. The maximum absolute atomic E-state index is 13.0. The summed E-state index contributed by atoms with van der Waals surface area (Å²) in [6.45, 7) is 2.95. The largest absolute Gasteiger partial charge is 0.393 e. The van der Waals surface area contributed by atoms with Gasteiger partial charge < -0.3 is 5.32 Å². The zero-order chi connectivity index (χ0) is 12.5. The Bertz CT molecular complexity index is 244. The van der Waals surface area contributed by atoms with Gasteiger partial charge in [0.1, 0.15) is 0 Å². The predicted octanol–water partition coefficient (Wildman–Crippen LogP) is 3.74. The van der Waals surface area contributed by atoms with Gasteiger partial charge in [0.25, 0.3) is 0 Å². The van der Waals surface area contributed by atoms with Crippen LogP contribution in [0.3, 0.4) is 0 Å². The number of alkyl halides is 3. The summed E-state index contributed by atoms with van der Waals surface area (Å²) in [5.41, 5.74) is 0. The molecule has 2 rings (SSSR count). The number of hydrogen-bond acceptors (Lipinski definition) is 1. The SMILES string of the molecule is CC1CCC(C2NCCCC2C(F)(F)F)CC1. The molecular formula is C13H22F3N. The van der Waals surface area contributed by atoms with Crippen molar-refractivity contribution in [2.24, 2.45) is 17.8 Å². The molecule has 1 nitrogen and oxygen atoms in total. The molecule has 0 spiro atoms. The van der Waals surface area contributed by atoms with Gasteiger partial charge in [0.15, 0.2) is 0 Å². The molecule has 2 aliphatic rings. The molecule has 4 heteroatoms. The van der Waals surface area contributed by atoms with Crippen molar-refractivity contribution < 1.29 is 13.2 Å². The van der Waals surface area contributed by atoms with Crippen LogP contribution in [0.4, 0.5) is 13.2 Å². The van der Waals surface area contributed by atoms with Crippen molar-refractivity contribution in [3.05, 3.63) is 0 Å². The van der Waals surface area contributed by atoms with Crippen LogP contribution in [0.2, 0.25) is 0 Å². The summed E-state index contributed by atoms with van der Waals surface area (Å²) in [5, 5.41) is 3.14. The van der Waals surface area contributed by atoms with Crippen LogP contribution in [0.1, 0.15) is 45.4 Å². The predicted molar refractivity (Wildman–Crippen MR) is 61.7 cm³/mol. The molecule has 2 atom stereocenters. The maximum Gasteiger partial charge on any atom is 0.393 e. The van der Waals surface area contributed by atoms with Crippen LogP contribution in [0, 0.1) is 17.8 Å². The zero-order valence-electron chi connectivity index (χ0n) is 10.4. The molecule has 0 aromatic rings. The first-order valence-electron chi connectivity index (χ1n) is 6.78. The summed E-state index contributed by atoms with van der Waals surface area (Å²) < 4.78 is 38.9. The van der Waals surface area contributed by atoms with E-state index in [4.69, 9.17) is 0 Å². The van der Waals surface area contributed by atoms with E-state index in [1.54, 1.807) is 0 Å². The van der Waals surface area contributed by atoms with E-state index < -0.39 is 12.1 Å². The third kappa shape index (κ3) is 3.15. The molecule has 0 aromatic carbocycles. The summed E-state index contributed by atoms with van der Waals surface area (Å²) in [5.74, 6) is -0.188. The third-order valence-electron chi connectivity index (χ3n) is 4.49. The van der Waals surface area contributed by atoms with Crippen LogP contribution in [0.25, 0.3) is 0 Å². The second-order valence-corrected chi connectivity index (χ2v) is 5.79. The minimum Gasteiger partial charge on any atom is -0.313 e. The molecule has 0 amide bonds. The van der Waals surface area contributed by atoms with Gasteiger partial charge in [-0.05, 0) is 44.1 Å². The highest BCUT2D eigenvalue weighted by atomic mass is 19.4. The Kier molecular flexibility index (Phi) is 4.01. The molecule has 1 heterocycles. The Morgan fingerprint density at radius 1 is 1.00 bits per heavy atom. The summed E-state index contributed by atoms with van der Waals surface area (Å²) in [6, 6.07) is -0.323. The van der Waals surface area contributed by atoms with Crippen LogP contribution in [-0.4, -0.2) is 18.8 Å². The molecule has 2 unspecified atom stereocenters. The van der Waals surface area contributed by atoms with Crippen molar-refractivity contribution in [3.8, 4) is 0 Å². The Balaban J connectivity index is 2.01. The highest BCUT2D eigenvalue weighted by Gasteiger charge is 2.48. The average Bonchev–Trinajstić information content (AvgIpc) is 2.29. The van der Waals surface area contributed by atoms with Gasteiger partial charge >= 0.3 is 6.18 Å². The molecule has 1 N–H and O–H groups in total. The molecule has 0 radical (unpaired) electrons. The molecule has 1 aliphatic heterocycles. The highest BCUT2D eigenvalue weighted by Crippen LogP contribution is 2.41. The van der Waals surface area contributed by atoms with Crippen molar-refractivity contribution in [1.29, 1.82) is 0 Å². The topological polar surface area (TPSA) is 12.0 Å². The molecule has 17 heavy (non-hydrogen) atoms. The standard InChI is InChI=1S/C13H22F3N/c1-9-4-6-10(7-5-9)12-11(13(14,15)16)3-2-8-17-12/h9-12,17H,2-8H2,1H3. The quantitative estimate of drug-likeness (QED) is 0.746. The Morgan fingerprint density at radius 3 is 2.24 bits per heavy atom. The first-order chi connectivity index (χ1) is 7.98. The Labute approximate surface area is 101 Å². The Morgan fingerprint density at radius 2 is 1.65 bits per heavy atom. The minimum absolute atomic E-state index is 0.234. The van der Waals surface area contributed by atoms with E-state index >= 15 is 0 Å². The molecular weight excluding hydrogens is 227 g/mol. The van der Waals surface area contributed by atoms with E-state index in [2.05, 4.69) is 12.2 Å². The van der Waals surface area contributed by atoms with Crippen LogP contribution in [0.5, 0.6) is 0 Å². The molecule has 0 bridgehead atoms. The minimum atomic E-state index is -4.03. The van der Waals surface area contributed by atoms with E-state index in [1.165, 1.54) is 0 Å². The molecule has 0 aromatic heterocycles. The fourth-order valence-electron chi connectivity index (χ4n) is 3.42. The lowest BCUT2D eigenvalue weighted by molar-refractivity contribution is -0.193. The monoisotopic (exact) mass is 249 g/mol. The number of piperidine rings is 1. The van der Waals surface area contributed by atoms with Gasteiger partial charge in [-0.15, -0.1) is 0 Å². The normalized spacial score (nSPS) is 40.2. The lowest BCUT2D eigenvalue weighted by atomic mass is 9.73. The van der Waals surface area contributed by atoms with Gasteiger partial charge in [0.05, 0.1) is 5.92 Å². The van der Waals surface area contributed by atoms with Gasteiger partial charge in [-0.2, -0.15) is 13.2 Å². The lowest BCUT2D eigenvalue weighted by Gasteiger charge is -2.41. The molecule has 1 aliphatic carbocycles. The van der Waals surface area contributed by atoms with Crippen molar-refractivity contribution in [2.45, 2.75) is 57.7 Å². The van der Waals surface area contributed by atoms with E-state index in [1.807, 2.05) is 0 Å². The second-order valence-electron chi connectivity index (χ2n) is 5.79. The van der Waals surface area contributed by atoms with E-state index in [-0.39, 0.29) is 12.0 Å². The van der Waals surface area contributed by atoms with Crippen molar-refractivity contribution in [1.82, 2.24) is 5.32 Å². The summed E-state index contributed by atoms with van der Waals surface area (Å²) in [4.78, 5) is 0. The van der Waals surface area contributed by atoms with Crippen LogP contribution >= 0.6 is 0 Å². The summed E-state index contributed by atoms with van der Waals surface area (Å²) >= 11 is 0. The van der Waals surface area contributed by atoms with Crippen molar-refractivity contribution in [2.75, 3.05) is 6.54 Å². The van der Waals surface area contributed by atoms with E-state index in [9.17, 15) is 13.2 Å². The van der Waals surface area contributed by atoms with Crippen LogP contribution in [-0.2, 0) is 0 Å². The lowest BCUT2D eigenvalue weighted by Crippen LogP contribution is -2.52. The van der Waals surface area contributed by atoms with Crippen LogP contribution < -0.4 is 5.32 Å². The summed E-state index contributed by atoms with van der Waals surface area (Å²) in [7, 11) is 0.